The summed E-state index contributed by atoms with van der Waals surface area (Å²) in [5, 5.41) is 1.64. The number of H-pyrrole nitrogens is 1. The van der Waals surface area contributed by atoms with Gasteiger partial charge in [-0.3, -0.25) is 0 Å². The number of nitrogens with one attached hydrogen (secondary N) is 1. The molecular formula is C21H21ClN2OS. The molecule has 26 heavy (non-hydrogen) atoms. The molecule has 1 unspecified atom stereocenters. The molecule has 134 valence electrons. The highest BCUT2D eigenvalue weighted by atomic mass is 35.5. The van der Waals surface area contributed by atoms with Crippen molar-refractivity contribution >= 4 is 23.4 Å². The third-order valence-electron chi connectivity index (χ3n) is 4.52. The highest BCUT2D eigenvalue weighted by Gasteiger charge is 2.18. The summed E-state index contributed by atoms with van der Waals surface area (Å²) in [5.74, 6) is 0.927. The fraction of sp³-hybridized carbons (Fsp3) is 0.286. The van der Waals surface area contributed by atoms with E-state index in [-0.39, 0.29) is 0 Å². The molecule has 0 aliphatic carbocycles. The summed E-state index contributed by atoms with van der Waals surface area (Å²) in [6.07, 6.45) is 3.90. The van der Waals surface area contributed by atoms with Crippen molar-refractivity contribution in [3.05, 3.63) is 59.6 Å². The van der Waals surface area contributed by atoms with Crippen molar-refractivity contribution in [3.8, 4) is 22.5 Å². The van der Waals surface area contributed by atoms with E-state index < -0.39 is 0 Å². The maximum absolute atomic E-state index is 6.20. The first-order valence-electron chi connectivity index (χ1n) is 8.95. The lowest BCUT2D eigenvalue weighted by molar-refractivity contribution is 0.0315. The minimum Gasteiger partial charge on any atom is -0.377 e. The van der Waals surface area contributed by atoms with E-state index in [4.69, 9.17) is 21.3 Å². The standard InChI is InChI=1S/C21H21ClN2OS/c22-17-10-6-9-16(13-17)20-19(15-7-2-1-3-8-15)23-21(24-20)26-14-18-11-4-5-12-25-18/h1-3,6-10,13,18H,4-5,11-12,14H2,(H,23,24). The zero-order chi connectivity index (χ0) is 17.8. The predicted octanol–water partition coefficient (Wildman–Crippen LogP) is 6.06. The van der Waals surface area contributed by atoms with Crippen LogP contribution in [0.5, 0.6) is 0 Å². The van der Waals surface area contributed by atoms with Crippen LogP contribution in [0.15, 0.2) is 59.8 Å². The summed E-state index contributed by atoms with van der Waals surface area (Å²) in [6.45, 7) is 0.881. The van der Waals surface area contributed by atoms with Crippen LogP contribution in [0.3, 0.4) is 0 Å². The van der Waals surface area contributed by atoms with Gasteiger partial charge < -0.3 is 9.72 Å². The number of benzene rings is 2. The maximum atomic E-state index is 6.20. The molecule has 1 aliphatic heterocycles. The molecule has 1 fully saturated rings. The van der Waals surface area contributed by atoms with Crippen molar-refractivity contribution in [2.45, 2.75) is 30.5 Å². The molecule has 3 nitrogen and oxygen atoms in total. The van der Waals surface area contributed by atoms with Crippen LogP contribution in [0, 0.1) is 0 Å². The number of hydrogen-bond acceptors (Lipinski definition) is 3. The molecule has 1 atom stereocenters. The predicted molar refractivity (Wildman–Crippen MR) is 109 cm³/mol. The number of aromatic nitrogens is 2. The van der Waals surface area contributed by atoms with Crippen LogP contribution in [-0.2, 0) is 4.74 Å². The fourth-order valence-corrected chi connectivity index (χ4v) is 4.32. The Morgan fingerprint density at radius 3 is 2.69 bits per heavy atom. The summed E-state index contributed by atoms with van der Waals surface area (Å²) >= 11 is 7.93. The Labute approximate surface area is 163 Å². The van der Waals surface area contributed by atoms with E-state index in [0.717, 1.165) is 46.5 Å². The summed E-state index contributed by atoms with van der Waals surface area (Å²) in [7, 11) is 0. The average molecular weight is 385 g/mol. The molecule has 5 heteroatoms. The first-order valence-corrected chi connectivity index (χ1v) is 10.3. The van der Waals surface area contributed by atoms with Crippen molar-refractivity contribution in [2.75, 3.05) is 12.4 Å². The fourth-order valence-electron chi connectivity index (χ4n) is 3.19. The summed E-state index contributed by atoms with van der Waals surface area (Å²) in [5.41, 5.74) is 4.11. The summed E-state index contributed by atoms with van der Waals surface area (Å²) < 4.78 is 5.84. The molecule has 1 saturated heterocycles. The van der Waals surface area contributed by atoms with Gasteiger partial charge in [0, 0.05) is 28.5 Å². The highest BCUT2D eigenvalue weighted by molar-refractivity contribution is 7.99. The molecule has 1 N–H and O–H groups in total. The smallest absolute Gasteiger partial charge is 0.166 e. The van der Waals surface area contributed by atoms with Crippen LogP contribution in [0.2, 0.25) is 5.02 Å². The Hall–Kier alpha value is -1.75. The van der Waals surface area contributed by atoms with Crippen LogP contribution in [0.1, 0.15) is 19.3 Å². The number of aromatic amines is 1. The molecular weight excluding hydrogens is 364 g/mol. The number of imidazole rings is 1. The van der Waals surface area contributed by atoms with Gasteiger partial charge in [-0.2, -0.15) is 0 Å². The summed E-state index contributed by atoms with van der Waals surface area (Å²) in [6, 6.07) is 18.2. The van der Waals surface area contributed by atoms with Crippen LogP contribution in [0.4, 0.5) is 0 Å². The van der Waals surface area contributed by atoms with Gasteiger partial charge in [0.2, 0.25) is 0 Å². The lowest BCUT2D eigenvalue weighted by atomic mass is 10.1. The molecule has 2 aromatic carbocycles. The molecule has 1 aromatic heterocycles. The molecule has 0 saturated carbocycles. The Bertz CT molecular complexity index is 859. The van der Waals surface area contributed by atoms with E-state index >= 15 is 0 Å². The lowest BCUT2D eigenvalue weighted by Crippen LogP contribution is -2.21. The number of hydrogen-bond donors (Lipinski definition) is 1. The van der Waals surface area contributed by atoms with Gasteiger partial charge in [0.1, 0.15) is 0 Å². The minimum absolute atomic E-state index is 0.327. The molecule has 3 aromatic rings. The lowest BCUT2D eigenvalue weighted by Gasteiger charge is -2.21. The van der Waals surface area contributed by atoms with Crippen LogP contribution < -0.4 is 0 Å². The number of rotatable bonds is 5. The Balaban J connectivity index is 1.64. The van der Waals surface area contributed by atoms with E-state index in [9.17, 15) is 0 Å². The molecule has 4 rings (SSSR count). The quantitative estimate of drug-likeness (QED) is 0.543. The van der Waals surface area contributed by atoms with Crippen molar-refractivity contribution in [1.29, 1.82) is 0 Å². The van der Waals surface area contributed by atoms with Gasteiger partial charge in [-0.15, -0.1) is 0 Å². The molecule has 0 amide bonds. The third-order valence-corrected chi connectivity index (χ3v) is 5.76. The Kier molecular flexibility index (Phi) is 5.63. The molecule has 0 bridgehead atoms. The van der Waals surface area contributed by atoms with Crippen molar-refractivity contribution in [3.63, 3.8) is 0 Å². The van der Waals surface area contributed by atoms with Gasteiger partial charge in [0.05, 0.1) is 17.5 Å². The van der Waals surface area contributed by atoms with E-state index in [0.29, 0.717) is 11.1 Å². The highest BCUT2D eigenvalue weighted by Crippen LogP contribution is 2.34. The van der Waals surface area contributed by atoms with Gasteiger partial charge in [0.25, 0.3) is 0 Å². The van der Waals surface area contributed by atoms with Crippen LogP contribution in [-0.4, -0.2) is 28.4 Å². The van der Waals surface area contributed by atoms with Gasteiger partial charge in [-0.25, -0.2) is 4.98 Å². The second-order valence-electron chi connectivity index (χ2n) is 6.44. The molecule has 2 heterocycles. The van der Waals surface area contributed by atoms with Crippen molar-refractivity contribution in [1.82, 2.24) is 9.97 Å². The van der Waals surface area contributed by atoms with E-state index in [2.05, 4.69) is 17.1 Å². The number of nitrogens with zero attached hydrogens (tertiary/aromatic N) is 1. The van der Waals surface area contributed by atoms with Gasteiger partial charge in [-0.1, -0.05) is 65.8 Å². The number of halogens is 1. The largest absolute Gasteiger partial charge is 0.377 e. The maximum Gasteiger partial charge on any atom is 0.166 e. The normalized spacial score (nSPS) is 17.3. The zero-order valence-electron chi connectivity index (χ0n) is 14.5. The first kappa shape index (κ1) is 17.7. The third kappa shape index (κ3) is 4.14. The molecule has 0 radical (unpaired) electrons. The van der Waals surface area contributed by atoms with E-state index in [1.807, 2.05) is 42.5 Å². The van der Waals surface area contributed by atoms with Crippen molar-refractivity contribution < 1.29 is 4.74 Å². The summed E-state index contributed by atoms with van der Waals surface area (Å²) in [4.78, 5) is 8.38. The second-order valence-corrected chi connectivity index (χ2v) is 7.89. The van der Waals surface area contributed by atoms with Crippen LogP contribution >= 0.6 is 23.4 Å². The van der Waals surface area contributed by atoms with E-state index in [1.54, 1.807) is 11.8 Å². The second kappa shape index (κ2) is 8.30. The minimum atomic E-state index is 0.327. The molecule has 1 aliphatic rings. The topological polar surface area (TPSA) is 37.9 Å². The SMILES string of the molecule is Clc1cccc(-c2nc(SCC3CCCCO3)[nH]c2-c2ccccc2)c1. The Morgan fingerprint density at radius 2 is 1.92 bits per heavy atom. The van der Waals surface area contributed by atoms with Gasteiger partial charge >= 0.3 is 0 Å². The number of ether oxygens (including phenoxy) is 1. The zero-order valence-corrected chi connectivity index (χ0v) is 16.0. The Morgan fingerprint density at radius 1 is 1.08 bits per heavy atom. The van der Waals surface area contributed by atoms with Crippen molar-refractivity contribution in [2.24, 2.45) is 0 Å². The monoisotopic (exact) mass is 384 g/mol. The van der Waals surface area contributed by atoms with Gasteiger partial charge in [-0.05, 0) is 31.4 Å². The average Bonchev–Trinajstić information content (AvgIpc) is 3.12. The van der Waals surface area contributed by atoms with Gasteiger partial charge in [0.15, 0.2) is 5.16 Å². The first-order chi connectivity index (χ1) is 12.8. The van der Waals surface area contributed by atoms with E-state index in [1.165, 1.54) is 12.8 Å². The molecule has 0 spiro atoms. The number of thioether (sulfide) groups is 1. The van der Waals surface area contributed by atoms with Crippen LogP contribution in [0.25, 0.3) is 22.5 Å².